The van der Waals surface area contributed by atoms with Gasteiger partial charge in [-0.2, -0.15) is 5.10 Å². The molecule has 6 nitrogen and oxygen atoms in total. The lowest BCUT2D eigenvalue weighted by molar-refractivity contribution is 0.411. The largest absolute Gasteiger partial charge is 0.496 e. The number of rotatable bonds is 9. The number of guanidine groups is 1. The van der Waals surface area contributed by atoms with Crippen molar-refractivity contribution in [3.8, 4) is 5.75 Å². The van der Waals surface area contributed by atoms with Crippen LogP contribution in [0.3, 0.4) is 0 Å². The van der Waals surface area contributed by atoms with Crippen LogP contribution in [0.15, 0.2) is 41.7 Å². The quantitative estimate of drug-likeness (QED) is 0.256. The monoisotopic (exact) mass is 471 g/mol. The Morgan fingerprint density at radius 2 is 2.15 bits per heavy atom. The van der Waals surface area contributed by atoms with Crippen molar-refractivity contribution in [3.05, 3.63) is 47.8 Å². The van der Waals surface area contributed by atoms with Gasteiger partial charge in [0.25, 0.3) is 0 Å². The van der Waals surface area contributed by atoms with E-state index in [9.17, 15) is 0 Å². The van der Waals surface area contributed by atoms with Crippen LogP contribution >= 0.6 is 24.0 Å². The van der Waals surface area contributed by atoms with Gasteiger partial charge in [0.2, 0.25) is 0 Å². The highest BCUT2D eigenvalue weighted by Gasteiger charge is 2.02. The molecule has 2 N–H and O–H groups in total. The van der Waals surface area contributed by atoms with Crippen molar-refractivity contribution in [3.63, 3.8) is 0 Å². The molecule has 144 valence electrons. The second-order valence-electron chi connectivity index (χ2n) is 5.86. The highest BCUT2D eigenvalue weighted by molar-refractivity contribution is 14.0. The first kappa shape index (κ1) is 22.3. The van der Waals surface area contributed by atoms with Gasteiger partial charge in [-0.25, -0.2) is 0 Å². The van der Waals surface area contributed by atoms with Crippen molar-refractivity contribution < 1.29 is 4.74 Å². The Kier molecular flexibility index (Phi) is 10.8. The van der Waals surface area contributed by atoms with Gasteiger partial charge in [-0.3, -0.25) is 9.67 Å². The van der Waals surface area contributed by atoms with E-state index >= 15 is 0 Å². The summed E-state index contributed by atoms with van der Waals surface area (Å²) in [5.74, 6) is 1.80. The zero-order valence-electron chi connectivity index (χ0n) is 15.9. The molecule has 1 aromatic carbocycles. The SMILES string of the molecule is CCNC(=NCCCn1cccn1)NCCc1ccc(C)c(OC)c1.I. The van der Waals surface area contributed by atoms with Gasteiger partial charge in [0, 0.05) is 38.6 Å². The van der Waals surface area contributed by atoms with E-state index in [-0.39, 0.29) is 24.0 Å². The van der Waals surface area contributed by atoms with Gasteiger partial charge in [-0.1, -0.05) is 12.1 Å². The lowest BCUT2D eigenvalue weighted by Crippen LogP contribution is -2.38. The second-order valence-corrected chi connectivity index (χ2v) is 5.86. The summed E-state index contributed by atoms with van der Waals surface area (Å²) in [6.45, 7) is 7.47. The molecule has 0 radical (unpaired) electrons. The van der Waals surface area contributed by atoms with Crippen LogP contribution in [0.2, 0.25) is 0 Å². The van der Waals surface area contributed by atoms with Crippen molar-refractivity contribution in [1.82, 2.24) is 20.4 Å². The number of ether oxygens (including phenoxy) is 1. The molecule has 0 spiro atoms. The van der Waals surface area contributed by atoms with E-state index in [1.165, 1.54) is 5.56 Å². The van der Waals surface area contributed by atoms with Gasteiger partial charge < -0.3 is 15.4 Å². The first-order valence-electron chi connectivity index (χ1n) is 8.86. The molecule has 0 unspecified atom stereocenters. The van der Waals surface area contributed by atoms with E-state index < -0.39 is 0 Å². The highest BCUT2D eigenvalue weighted by Crippen LogP contribution is 2.18. The van der Waals surface area contributed by atoms with Crippen LogP contribution in [-0.2, 0) is 13.0 Å². The third-order valence-electron chi connectivity index (χ3n) is 3.90. The fourth-order valence-corrected chi connectivity index (χ4v) is 2.54. The Morgan fingerprint density at radius 1 is 1.31 bits per heavy atom. The number of hydrogen-bond acceptors (Lipinski definition) is 3. The fourth-order valence-electron chi connectivity index (χ4n) is 2.54. The highest BCUT2D eigenvalue weighted by atomic mass is 127. The summed E-state index contributed by atoms with van der Waals surface area (Å²) < 4.78 is 7.32. The van der Waals surface area contributed by atoms with E-state index in [0.29, 0.717) is 0 Å². The molecule has 0 atom stereocenters. The minimum absolute atomic E-state index is 0. The van der Waals surface area contributed by atoms with Gasteiger partial charge in [-0.15, -0.1) is 24.0 Å². The van der Waals surface area contributed by atoms with Gasteiger partial charge >= 0.3 is 0 Å². The summed E-state index contributed by atoms with van der Waals surface area (Å²) >= 11 is 0. The normalized spacial score (nSPS) is 11.0. The summed E-state index contributed by atoms with van der Waals surface area (Å²) in [4.78, 5) is 4.62. The standard InChI is InChI=1S/C19H29N5O.HI/c1-4-20-19(21-10-5-13-24-14-6-11-23-24)22-12-9-17-8-7-16(2)18(15-17)25-3;/h6-8,11,14-15H,4-5,9-10,12-13H2,1-3H3,(H2,20,21,22);1H. The van der Waals surface area contributed by atoms with Crippen LogP contribution < -0.4 is 15.4 Å². The van der Waals surface area contributed by atoms with E-state index in [1.807, 2.05) is 16.9 Å². The molecule has 2 aromatic rings. The summed E-state index contributed by atoms with van der Waals surface area (Å²) in [6.07, 6.45) is 5.67. The number of nitrogens with one attached hydrogen (secondary N) is 2. The minimum atomic E-state index is 0. The fraction of sp³-hybridized carbons (Fsp3) is 0.474. The number of aromatic nitrogens is 2. The molecule has 0 amide bonds. The maximum absolute atomic E-state index is 5.38. The predicted molar refractivity (Wildman–Crippen MR) is 118 cm³/mol. The van der Waals surface area contributed by atoms with E-state index in [1.54, 1.807) is 13.3 Å². The number of benzene rings is 1. The van der Waals surface area contributed by atoms with Gasteiger partial charge in [0.15, 0.2) is 5.96 Å². The molecule has 0 saturated heterocycles. The molecule has 0 aliphatic carbocycles. The van der Waals surface area contributed by atoms with Crippen LogP contribution in [0.1, 0.15) is 24.5 Å². The molecule has 0 bridgehead atoms. The van der Waals surface area contributed by atoms with Crippen molar-refractivity contribution in [2.24, 2.45) is 4.99 Å². The topological polar surface area (TPSA) is 63.5 Å². The third-order valence-corrected chi connectivity index (χ3v) is 3.90. The number of halogens is 1. The predicted octanol–water partition coefficient (Wildman–Crippen LogP) is 3.01. The maximum atomic E-state index is 5.38. The molecule has 0 fully saturated rings. The Balaban J connectivity index is 0.00000338. The van der Waals surface area contributed by atoms with Crippen LogP contribution in [0, 0.1) is 6.92 Å². The Labute approximate surface area is 173 Å². The Morgan fingerprint density at radius 3 is 2.85 bits per heavy atom. The zero-order valence-corrected chi connectivity index (χ0v) is 18.2. The molecular formula is C19H30IN5O. The van der Waals surface area contributed by atoms with Crippen LogP contribution in [0.5, 0.6) is 5.75 Å². The number of nitrogens with zero attached hydrogens (tertiary/aromatic N) is 3. The lowest BCUT2D eigenvalue weighted by Gasteiger charge is -2.12. The number of hydrogen-bond donors (Lipinski definition) is 2. The van der Waals surface area contributed by atoms with E-state index in [4.69, 9.17) is 4.74 Å². The van der Waals surface area contributed by atoms with Crippen LogP contribution in [0.25, 0.3) is 0 Å². The number of methoxy groups -OCH3 is 1. The van der Waals surface area contributed by atoms with Crippen LogP contribution in [-0.4, -0.2) is 42.5 Å². The minimum Gasteiger partial charge on any atom is -0.496 e. The molecule has 1 heterocycles. The molecule has 1 aromatic heterocycles. The average molecular weight is 471 g/mol. The number of aliphatic imine (C=N–C) groups is 1. The van der Waals surface area contributed by atoms with Gasteiger partial charge in [0.1, 0.15) is 5.75 Å². The van der Waals surface area contributed by atoms with Crippen molar-refractivity contribution in [2.45, 2.75) is 33.2 Å². The molecule has 7 heteroatoms. The smallest absolute Gasteiger partial charge is 0.191 e. The third kappa shape index (κ3) is 7.63. The molecule has 0 aliphatic heterocycles. The number of aryl methyl sites for hydroxylation is 2. The molecule has 2 rings (SSSR count). The average Bonchev–Trinajstić information content (AvgIpc) is 3.13. The first-order chi connectivity index (χ1) is 12.2. The van der Waals surface area contributed by atoms with E-state index in [2.05, 4.69) is 52.8 Å². The summed E-state index contributed by atoms with van der Waals surface area (Å²) in [6, 6.07) is 8.29. The van der Waals surface area contributed by atoms with Gasteiger partial charge in [0.05, 0.1) is 7.11 Å². The maximum Gasteiger partial charge on any atom is 0.191 e. The Bertz CT molecular complexity index is 658. The second kappa shape index (κ2) is 12.6. The van der Waals surface area contributed by atoms with Crippen LogP contribution in [0.4, 0.5) is 0 Å². The first-order valence-corrected chi connectivity index (χ1v) is 8.86. The lowest BCUT2D eigenvalue weighted by atomic mass is 10.1. The Hall–Kier alpha value is -1.77. The summed E-state index contributed by atoms with van der Waals surface area (Å²) in [5, 5.41) is 10.9. The molecule has 0 saturated carbocycles. The van der Waals surface area contributed by atoms with E-state index in [0.717, 1.165) is 56.3 Å². The summed E-state index contributed by atoms with van der Waals surface area (Å²) in [7, 11) is 1.71. The molecular weight excluding hydrogens is 441 g/mol. The molecule has 0 aliphatic rings. The van der Waals surface area contributed by atoms with Crippen molar-refractivity contribution >= 4 is 29.9 Å². The molecule has 26 heavy (non-hydrogen) atoms. The summed E-state index contributed by atoms with van der Waals surface area (Å²) in [5.41, 5.74) is 2.41. The van der Waals surface area contributed by atoms with Crippen molar-refractivity contribution in [2.75, 3.05) is 26.7 Å². The van der Waals surface area contributed by atoms with Gasteiger partial charge in [-0.05, 0) is 49.9 Å². The van der Waals surface area contributed by atoms with Crippen molar-refractivity contribution in [1.29, 1.82) is 0 Å². The zero-order chi connectivity index (χ0) is 17.9.